The van der Waals surface area contributed by atoms with E-state index in [4.69, 9.17) is 4.74 Å². The Morgan fingerprint density at radius 2 is 2.04 bits per heavy atom. The SMILES string of the molecule is COC(=O)[C@@H](NC(=O)CSc1nc2ncccc2[nH]1)c1ccccc1. The van der Waals surface area contributed by atoms with E-state index in [0.29, 0.717) is 16.4 Å². The topological polar surface area (TPSA) is 97.0 Å². The van der Waals surface area contributed by atoms with Gasteiger partial charge in [-0.25, -0.2) is 14.8 Å². The quantitative estimate of drug-likeness (QED) is 0.518. The lowest BCUT2D eigenvalue weighted by Crippen LogP contribution is -2.35. The minimum absolute atomic E-state index is 0.111. The molecule has 0 radical (unpaired) electrons. The Morgan fingerprint density at radius 1 is 1.24 bits per heavy atom. The molecule has 7 nitrogen and oxygen atoms in total. The number of nitrogens with one attached hydrogen (secondary N) is 2. The van der Waals surface area contributed by atoms with Crippen LogP contribution in [-0.2, 0) is 14.3 Å². The minimum Gasteiger partial charge on any atom is -0.467 e. The van der Waals surface area contributed by atoms with Gasteiger partial charge in [0.2, 0.25) is 5.91 Å². The summed E-state index contributed by atoms with van der Waals surface area (Å²) in [5, 5.41) is 3.29. The molecule has 3 aromatic rings. The highest BCUT2D eigenvalue weighted by Crippen LogP contribution is 2.19. The fourth-order valence-corrected chi connectivity index (χ4v) is 2.95. The zero-order valence-electron chi connectivity index (χ0n) is 13.4. The molecule has 1 amide bonds. The number of carbonyl (C=O) groups is 2. The summed E-state index contributed by atoms with van der Waals surface area (Å²) in [6, 6.07) is 11.8. The lowest BCUT2D eigenvalue weighted by atomic mass is 10.1. The Morgan fingerprint density at radius 3 is 2.76 bits per heavy atom. The van der Waals surface area contributed by atoms with E-state index in [1.54, 1.807) is 30.5 Å². The fourth-order valence-electron chi connectivity index (χ4n) is 2.27. The van der Waals surface area contributed by atoms with Crippen molar-refractivity contribution in [2.24, 2.45) is 0 Å². The second kappa shape index (κ2) is 7.80. The second-order valence-corrected chi connectivity index (χ2v) is 6.10. The summed E-state index contributed by atoms with van der Waals surface area (Å²) in [5.41, 5.74) is 2.07. The molecule has 0 aliphatic carbocycles. The number of esters is 1. The predicted molar refractivity (Wildman–Crippen MR) is 94.0 cm³/mol. The number of amides is 1. The molecule has 8 heteroatoms. The van der Waals surface area contributed by atoms with Gasteiger partial charge in [-0.2, -0.15) is 0 Å². The van der Waals surface area contributed by atoms with Gasteiger partial charge in [0.1, 0.15) is 0 Å². The maximum Gasteiger partial charge on any atom is 0.333 e. The Bertz CT molecular complexity index is 849. The van der Waals surface area contributed by atoms with Crippen molar-refractivity contribution < 1.29 is 14.3 Å². The minimum atomic E-state index is -0.836. The van der Waals surface area contributed by atoms with Gasteiger partial charge in [-0.3, -0.25) is 4.79 Å². The molecular formula is C17H16N4O3S. The lowest BCUT2D eigenvalue weighted by molar-refractivity contribution is -0.145. The van der Waals surface area contributed by atoms with Crippen LogP contribution in [0.1, 0.15) is 11.6 Å². The number of thioether (sulfide) groups is 1. The molecular weight excluding hydrogens is 340 g/mol. The van der Waals surface area contributed by atoms with Gasteiger partial charge in [0.15, 0.2) is 16.8 Å². The first-order chi connectivity index (χ1) is 12.2. The maximum atomic E-state index is 12.2. The number of rotatable bonds is 6. The predicted octanol–water partition coefficient (Wildman–Crippen LogP) is 2.08. The van der Waals surface area contributed by atoms with Crippen LogP contribution in [0.5, 0.6) is 0 Å². The Balaban J connectivity index is 1.64. The van der Waals surface area contributed by atoms with Crippen LogP contribution >= 0.6 is 11.8 Å². The molecule has 0 saturated carbocycles. The number of nitrogens with zero attached hydrogens (tertiary/aromatic N) is 2. The van der Waals surface area contributed by atoms with E-state index >= 15 is 0 Å². The van der Waals surface area contributed by atoms with Crippen molar-refractivity contribution in [2.75, 3.05) is 12.9 Å². The number of carbonyl (C=O) groups excluding carboxylic acids is 2. The third-order valence-corrected chi connectivity index (χ3v) is 4.32. The van der Waals surface area contributed by atoms with Crippen LogP contribution in [0.3, 0.4) is 0 Å². The molecule has 2 N–H and O–H groups in total. The van der Waals surface area contributed by atoms with E-state index < -0.39 is 12.0 Å². The Kier molecular flexibility index (Phi) is 5.30. The van der Waals surface area contributed by atoms with Crippen molar-refractivity contribution in [3.63, 3.8) is 0 Å². The molecule has 25 heavy (non-hydrogen) atoms. The van der Waals surface area contributed by atoms with E-state index in [1.165, 1.54) is 18.9 Å². The third-order valence-electron chi connectivity index (χ3n) is 3.45. The van der Waals surface area contributed by atoms with Crippen molar-refractivity contribution >= 4 is 34.8 Å². The zero-order valence-corrected chi connectivity index (χ0v) is 14.2. The highest BCUT2D eigenvalue weighted by Gasteiger charge is 2.23. The molecule has 2 aromatic heterocycles. The number of benzene rings is 1. The van der Waals surface area contributed by atoms with Gasteiger partial charge in [0.05, 0.1) is 18.4 Å². The van der Waals surface area contributed by atoms with E-state index in [2.05, 4.69) is 20.3 Å². The smallest absolute Gasteiger partial charge is 0.333 e. The van der Waals surface area contributed by atoms with Crippen LogP contribution in [0.15, 0.2) is 53.8 Å². The molecule has 0 fully saturated rings. The van der Waals surface area contributed by atoms with Gasteiger partial charge in [0, 0.05) is 6.20 Å². The van der Waals surface area contributed by atoms with Crippen LogP contribution in [0.2, 0.25) is 0 Å². The normalized spacial score (nSPS) is 11.9. The van der Waals surface area contributed by atoms with Gasteiger partial charge in [-0.15, -0.1) is 0 Å². The molecule has 3 rings (SSSR count). The molecule has 0 spiro atoms. The number of aromatic amines is 1. The third kappa shape index (κ3) is 4.16. The molecule has 0 aliphatic rings. The van der Waals surface area contributed by atoms with Crippen LogP contribution in [0.4, 0.5) is 0 Å². The average molecular weight is 356 g/mol. The van der Waals surface area contributed by atoms with Crippen LogP contribution in [-0.4, -0.2) is 39.7 Å². The highest BCUT2D eigenvalue weighted by molar-refractivity contribution is 7.99. The number of imidazole rings is 1. The molecule has 2 heterocycles. The molecule has 0 bridgehead atoms. The number of hydrogen-bond donors (Lipinski definition) is 2. The number of H-pyrrole nitrogens is 1. The number of methoxy groups -OCH3 is 1. The van der Waals surface area contributed by atoms with Gasteiger partial charge < -0.3 is 15.0 Å². The molecule has 1 atom stereocenters. The molecule has 0 saturated heterocycles. The molecule has 1 aromatic carbocycles. The lowest BCUT2D eigenvalue weighted by Gasteiger charge is -2.16. The number of aromatic nitrogens is 3. The van der Waals surface area contributed by atoms with Crippen molar-refractivity contribution in [3.05, 3.63) is 54.2 Å². The van der Waals surface area contributed by atoms with Gasteiger partial charge in [-0.1, -0.05) is 42.1 Å². The van der Waals surface area contributed by atoms with Crippen LogP contribution in [0, 0.1) is 0 Å². The average Bonchev–Trinajstić information content (AvgIpc) is 3.07. The van der Waals surface area contributed by atoms with Crippen LogP contribution < -0.4 is 5.32 Å². The molecule has 128 valence electrons. The van der Waals surface area contributed by atoms with E-state index in [0.717, 1.165) is 5.52 Å². The Labute approximate surface area is 148 Å². The van der Waals surface area contributed by atoms with E-state index in [1.807, 2.05) is 18.2 Å². The summed E-state index contributed by atoms with van der Waals surface area (Å²) in [6.45, 7) is 0. The standard InChI is InChI=1S/C17H16N4O3S/c1-24-16(23)14(11-6-3-2-4-7-11)20-13(22)10-25-17-19-12-8-5-9-18-15(12)21-17/h2-9,14H,10H2,1H3,(H,20,22)(H,18,19,21)/t14-/m0/s1. The highest BCUT2D eigenvalue weighted by atomic mass is 32.2. The van der Waals surface area contributed by atoms with Crippen molar-refractivity contribution in [1.82, 2.24) is 20.3 Å². The van der Waals surface area contributed by atoms with Gasteiger partial charge in [-0.05, 0) is 17.7 Å². The largest absolute Gasteiger partial charge is 0.467 e. The summed E-state index contributed by atoms with van der Waals surface area (Å²) in [5.74, 6) is -0.699. The molecule has 0 unspecified atom stereocenters. The van der Waals surface area contributed by atoms with Crippen molar-refractivity contribution in [2.45, 2.75) is 11.2 Å². The molecule has 0 aliphatic heterocycles. The summed E-state index contributed by atoms with van der Waals surface area (Å²) in [6.07, 6.45) is 1.66. The number of hydrogen-bond acceptors (Lipinski definition) is 6. The van der Waals surface area contributed by atoms with Crippen molar-refractivity contribution in [3.8, 4) is 0 Å². The number of ether oxygens (including phenoxy) is 1. The van der Waals surface area contributed by atoms with E-state index in [9.17, 15) is 9.59 Å². The fraction of sp³-hybridized carbons (Fsp3) is 0.176. The van der Waals surface area contributed by atoms with Crippen LogP contribution in [0.25, 0.3) is 11.2 Å². The maximum absolute atomic E-state index is 12.2. The second-order valence-electron chi connectivity index (χ2n) is 5.14. The van der Waals surface area contributed by atoms with Gasteiger partial charge in [0.25, 0.3) is 0 Å². The van der Waals surface area contributed by atoms with Gasteiger partial charge >= 0.3 is 5.97 Å². The first kappa shape index (κ1) is 17.0. The Hall–Kier alpha value is -2.87. The monoisotopic (exact) mass is 356 g/mol. The summed E-state index contributed by atoms with van der Waals surface area (Å²) >= 11 is 1.24. The number of pyridine rings is 1. The first-order valence-electron chi connectivity index (χ1n) is 7.53. The van der Waals surface area contributed by atoms with Crippen molar-refractivity contribution in [1.29, 1.82) is 0 Å². The zero-order chi connectivity index (χ0) is 17.6. The number of fused-ring (bicyclic) bond motifs is 1. The summed E-state index contributed by atoms with van der Waals surface area (Å²) in [7, 11) is 1.29. The summed E-state index contributed by atoms with van der Waals surface area (Å²) in [4.78, 5) is 35.7. The first-order valence-corrected chi connectivity index (χ1v) is 8.51. The summed E-state index contributed by atoms with van der Waals surface area (Å²) < 4.78 is 4.78. The van der Waals surface area contributed by atoms with E-state index in [-0.39, 0.29) is 11.7 Å².